The average molecular weight is 351 g/mol. The van der Waals surface area contributed by atoms with Crippen LogP contribution in [0, 0.1) is 6.92 Å². The fourth-order valence-corrected chi connectivity index (χ4v) is 2.63. The summed E-state index contributed by atoms with van der Waals surface area (Å²) in [7, 11) is 0. The number of nitrogens with one attached hydrogen (secondary N) is 1. The fraction of sp³-hybridized carbons (Fsp3) is 0.250. The molecule has 0 radical (unpaired) electrons. The molecule has 2 aromatic rings. The van der Waals surface area contributed by atoms with Gasteiger partial charge in [0.25, 0.3) is 5.91 Å². The molecule has 2 amide bonds. The van der Waals surface area contributed by atoms with E-state index >= 15 is 0 Å². The molecule has 134 valence electrons. The average Bonchev–Trinajstić information content (AvgIpc) is 3.07. The zero-order valence-electron chi connectivity index (χ0n) is 14.8. The molecular weight excluding hydrogens is 330 g/mol. The maximum absolute atomic E-state index is 12.1. The van der Waals surface area contributed by atoms with E-state index < -0.39 is 6.23 Å². The van der Waals surface area contributed by atoms with E-state index in [0.29, 0.717) is 24.4 Å². The van der Waals surface area contributed by atoms with Crippen LogP contribution < -0.4 is 5.32 Å². The summed E-state index contributed by atoms with van der Waals surface area (Å²) in [6.45, 7) is 3.83. The predicted octanol–water partition coefficient (Wildman–Crippen LogP) is 3.01. The SMILES string of the molecule is CC(=O)N1N=C(CCNC(=O)c2ccccc2)OC1c1ccc(C)cc1. The van der Waals surface area contributed by atoms with Crippen molar-refractivity contribution in [3.8, 4) is 0 Å². The molecule has 0 saturated carbocycles. The van der Waals surface area contributed by atoms with Gasteiger partial charge in [-0.15, -0.1) is 5.10 Å². The molecule has 1 atom stereocenters. The Morgan fingerprint density at radius 2 is 1.81 bits per heavy atom. The Balaban J connectivity index is 1.60. The highest BCUT2D eigenvalue weighted by atomic mass is 16.5. The van der Waals surface area contributed by atoms with E-state index in [4.69, 9.17) is 4.74 Å². The lowest BCUT2D eigenvalue weighted by atomic mass is 10.1. The lowest BCUT2D eigenvalue weighted by Crippen LogP contribution is -2.26. The highest BCUT2D eigenvalue weighted by molar-refractivity contribution is 5.94. The van der Waals surface area contributed by atoms with Crippen LogP contribution in [-0.4, -0.2) is 29.3 Å². The first-order chi connectivity index (χ1) is 12.5. The number of hydrogen-bond donors (Lipinski definition) is 1. The summed E-state index contributed by atoms with van der Waals surface area (Å²) in [5.41, 5.74) is 2.59. The van der Waals surface area contributed by atoms with Gasteiger partial charge in [-0.2, -0.15) is 5.01 Å². The number of aryl methyl sites for hydroxylation is 1. The molecule has 1 heterocycles. The molecular formula is C20H21N3O3. The molecule has 0 spiro atoms. The van der Waals surface area contributed by atoms with E-state index in [0.717, 1.165) is 11.1 Å². The molecule has 0 aliphatic carbocycles. The number of carbonyl (C=O) groups is 2. The number of ether oxygens (including phenoxy) is 1. The van der Waals surface area contributed by atoms with Crippen LogP contribution >= 0.6 is 0 Å². The van der Waals surface area contributed by atoms with Gasteiger partial charge < -0.3 is 10.1 Å². The maximum Gasteiger partial charge on any atom is 0.251 e. The minimum atomic E-state index is -0.562. The standard InChI is InChI=1S/C20H21N3O3/c1-14-8-10-17(11-9-14)20-23(15(2)24)22-18(26-20)12-13-21-19(25)16-6-4-3-5-7-16/h3-11,20H,12-13H2,1-2H3,(H,21,25). The van der Waals surface area contributed by atoms with Crippen LogP contribution in [0.15, 0.2) is 59.7 Å². The van der Waals surface area contributed by atoms with E-state index in [9.17, 15) is 9.59 Å². The zero-order chi connectivity index (χ0) is 18.5. The summed E-state index contributed by atoms with van der Waals surface area (Å²) in [6, 6.07) is 16.8. The summed E-state index contributed by atoms with van der Waals surface area (Å²) in [5, 5.41) is 8.43. The van der Waals surface area contributed by atoms with Gasteiger partial charge in [0.2, 0.25) is 18.0 Å². The molecule has 1 aliphatic heterocycles. The first-order valence-corrected chi connectivity index (χ1v) is 8.48. The second kappa shape index (κ2) is 7.82. The van der Waals surface area contributed by atoms with E-state index in [1.54, 1.807) is 12.1 Å². The van der Waals surface area contributed by atoms with E-state index in [2.05, 4.69) is 10.4 Å². The summed E-state index contributed by atoms with van der Waals surface area (Å²) in [6.07, 6.45) is -0.155. The Hall–Kier alpha value is -3.15. The molecule has 0 fully saturated rings. The van der Waals surface area contributed by atoms with Gasteiger partial charge in [0.05, 0.1) is 0 Å². The van der Waals surface area contributed by atoms with E-state index in [-0.39, 0.29) is 11.8 Å². The molecule has 6 heteroatoms. The lowest BCUT2D eigenvalue weighted by molar-refractivity contribution is -0.135. The van der Waals surface area contributed by atoms with Crippen LogP contribution in [0.2, 0.25) is 0 Å². The van der Waals surface area contributed by atoms with Gasteiger partial charge in [-0.3, -0.25) is 9.59 Å². The predicted molar refractivity (Wildman–Crippen MR) is 98.4 cm³/mol. The van der Waals surface area contributed by atoms with Gasteiger partial charge in [0.15, 0.2) is 0 Å². The van der Waals surface area contributed by atoms with Crippen molar-refractivity contribution in [2.45, 2.75) is 26.5 Å². The lowest BCUT2D eigenvalue weighted by Gasteiger charge is -2.19. The third-order valence-electron chi connectivity index (χ3n) is 4.03. The van der Waals surface area contributed by atoms with Crippen LogP contribution in [0.4, 0.5) is 0 Å². The topological polar surface area (TPSA) is 71.0 Å². The summed E-state index contributed by atoms with van der Waals surface area (Å²) in [5.74, 6) is 0.0840. The molecule has 6 nitrogen and oxygen atoms in total. The molecule has 2 aromatic carbocycles. The number of nitrogens with zero attached hydrogens (tertiary/aromatic N) is 2. The molecule has 1 aliphatic rings. The van der Waals surface area contributed by atoms with Crippen LogP contribution in [0.1, 0.15) is 41.1 Å². The molecule has 0 saturated heterocycles. The normalized spacial score (nSPS) is 16.0. The smallest absolute Gasteiger partial charge is 0.251 e. The summed E-state index contributed by atoms with van der Waals surface area (Å²) >= 11 is 0. The molecule has 26 heavy (non-hydrogen) atoms. The summed E-state index contributed by atoms with van der Waals surface area (Å²) < 4.78 is 5.85. The van der Waals surface area contributed by atoms with Crippen molar-refractivity contribution < 1.29 is 14.3 Å². The number of amides is 2. The zero-order valence-corrected chi connectivity index (χ0v) is 14.8. The first kappa shape index (κ1) is 17.7. The van der Waals surface area contributed by atoms with Gasteiger partial charge in [0.1, 0.15) is 0 Å². The van der Waals surface area contributed by atoms with Gasteiger partial charge in [0, 0.05) is 31.0 Å². The third kappa shape index (κ3) is 4.08. The highest BCUT2D eigenvalue weighted by Gasteiger charge is 2.32. The maximum atomic E-state index is 12.1. The quantitative estimate of drug-likeness (QED) is 0.900. The van der Waals surface area contributed by atoms with Gasteiger partial charge in [-0.1, -0.05) is 48.0 Å². The Bertz CT molecular complexity index is 816. The number of hydrogen-bond acceptors (Lipinski definition) is 4. The highest BCUT2D eigenvalue weighted by Crippen LogP contribution is 2.29. The monoisotopic (exact) mass is 351 g/mol. The van der Waals surface area contributed by atoms with Crippen molar-refractivity contribution in [2.75, 3.05) is 6.54 Å². The van der Waals surface area contributed by atoms with Gasteiger partial charge in [-0.25, -0.2) is 0 Å². The fourth-order valence-electron chi connectivity index (χ4n) is 2.63. The Kier molecular flexibility index (Phi) is 5.31. The molecule has 0 bridgehead atoms. The first-order valence-electron chi connectivity index (χ1n) is 8.48. The van der Waals surface area contributed by atoms with Crippen molar-refractivity contribution >= 4 is 17.7 Å². The largest absolute Gasteiger partial charge is 0.449 e. The van der Waals surface area contributed by atoms with Gasteiger partial charge >= 0.3 is 0 Å². The number of rotatable bonds is 5. The summed E-state index contributed by atoms with van der Waals surface area (Å²) in [4.78, 5) is 23.9. The molecule has 1 unspecified atom stereocenters. The van der Waals surface area contributed by atoms with Crippen LogP contribution in [0.3, 0.4) is 0 Å². The molecule has 0 aromatic heterocycles. The van der Waals surface area contributed by atoms with Crippen LogP contribution in [0.25, 0.3) is 0 Å². The van der Waals surface area contributed by atoms with Crippen molar-refractivity contribution in [3.63, 3.8) is 0 Å². The van der Waals surface area contributed by atoms with Crippen LogP contribution in [0.5, 0.6) is 0 Å². The van der Waals surface area contributed by atoms with Crippen molar-refractivity contribution in [1.29, 1.82) is 0 Å². The number of benzene rings is 2. The van der Waals surface area contributed by atoms with Crippen molar-refractivity contribution in [3.05, 3.63) is 71.3 Å². The van der Waals surface area contributed by atoms with E-state index in [1.165, 1.54) is 11.9 Å². The number of carbonyl (C=O) groups excluding carboxylic acids is 2. The molecule has 1 N–H and O–H groups in total. The van der Waals surface area contributed by atoms with Crippen molar-refractivity contribution in [1.82, 2.24) is 10.3 Å². The Morgan fingerprint density at radius 3 is 2.46 bits per heavy atom. The third-order valence-corrected chi connectivity index (χ3v) is 4.03. The molecule has 3 rings (SSSR count). The van der Waals surface area contributed by atoms with E-state index in [1.807, 2.05) is 49.4 Å². The van der Waals surface area contributed by atoms with Gasteiger partial charge in [-0.05, 0) is 19.1 Å². The Labute approximate surface area is 152 Å². The minimum Gasteiger partial charge on any atom is -0.449 e. The van der Waals surface area contributed by atoms with Crippen molar-refractivity contribution in [2.24, 2.45) is 5.10 Å². The second-order valence-electron chi connectivity index (χ2n) is 6.11. The Morgan fingerprint density at radius 1 is 1.12 bits per heavy atom. The number of hydrazone groups is 1. The second-order valence-corrected chi connectivity index (χ2v) is 6.11. The minimum absolute atomic E-state index is 0.150. The van der Waals surface area contributed by atoms with Crippen LogP contribution in [-0.2, 0) is 9.53 Å².